The van der Waals surface area contributed by atoms with Gasteiger partial charge >= 0.3 is 5.97 Å². The summed E-state index contributed by atoms with van der Waals surface area (Å²) in [7, 11) is 0. The number of aliphatic carboxylic acids is 1. The number of rotatable bonds is 6. The summed E-state index contributed by atoms with van der Waals surface area (Å²) in [5.41, 5.74) is 2.33. The van der Waals surface area contributed by atoms with Crippen LogP contribution in [0.5, 0.6) is 0 Å². The maximum absolute atomic E-state index is 12.6. The maximum atomic E-state index is 12.6. The van der Waals surface area contributed by atoms with Crippen molar-refractivity contribution in [2.45, 2.75) is 33.2 Å². The molecule has 2 aromatic rings. The number of hydrogen-bond acceptors (Lipinski definition) is 3. The van der Waals surface area contributed by atoms with Gasteiger partial charge in [0, 0.05) is 24.3 Å². The van der Waals surface area contributed by atoms with Crippen molar-refractivity contribution in [3.8, 4) is 5.69 Å². The molecule has 1 N–H and O–H groups in total. The van der Waals surface area contributed by atoms with Gasteiger partial charge in [0.05, 0.1) is 17.8 Å². The van der Waals surface area contributed by atoms with Gasteiger partial charge in [-0.05, 0) is 51.1 Å². The maximum Gasteiger partial charge on any atom is 0.305 e. The van der Waals surface area contributed by atoms with Crippen molar-refractivity contribution >= 4 is 11.9 Å². The Labute approximate surface area is 135 Å². The van der Waals surface area contributed by atoms with E-state index in [0.29, 0.717) is 5.56 Å². The van der Waals surface area contributed by atoms with Crippen molar-refractivity contribution < 1.29 is 14.7 Å². The molecule has 0 aliphatic heterocycles. The Morgan fingerprint density at radius 3 is 2.35 bits per heavy atom. The predicted octanol–water partition coefficient (Wildman–Crippen LogP) is 2.51. The molecule has 2 rings (SSSR count). The van der Waals surface area contributed by atoms with Gasteiger partial charge in [-0.1, -0.05) is 0 Å². The smallest absolute Gasteiger partial charge is 0.305 e. The summed E-state index contributed by atoms with van der Waals surface area (Å²) >= 11 is 0. The van der Waals surface area contributed by atoms with E-state index in [1.807, 2.05) is 45.2 Å². The number of carboxylic acid groups (broad SMARTS) is 1. The third kappa shape index (κ3) is 4.18. The highest BCUT2D eigenvalue weighted by atomic mass is 16.4. The van der Waals surface area contributed by atoms with E-state index in [4.69, 9.17) is 5.11 Å². The van der Waals surface area contributed by atoms with Crippen LogP contribution in [0, 0.1) is 6.92 Å². The fourth-order valence-corrected chi connectivity index (χ4v) is 2.29. The number of aromatic nitrogens is 2. The van der Waals surface area contributed by atoms with Crippen LogP contribution in [-0.4, -0.2) is 44.3 Å². The number of nitrogens with zero attached hydrogens (tertiary/aromatic N) is 3. The van der Waals surface area contributed by atoms with Gasteiger partial charge < -0.3 is 10.0 Å². The summed E-state index contributed by atoms with van der Waals surface area (Å²) in [6, 6.07) is 8.99. The summed E-state index contributed by atoms with van der Waals surface area (Å²) in [6.07, 6.45) is 1.80. The summed E-state index contributed by atoms with van der Waals surface area (Å²) in [6.45, 7) is 5.87. The van der Waals surface area contributed by atoms with Gasteiger partial charge in [0.2, 0.25) is 0 Å². The second-order valence-corrected chi connectivity index (χ2v) is 5.68. The number of benzene rings is 1. The van der Waals surface area contributed by atoms with Crippen molar-refractivity contribution in [1.82, 2.24) is 14.7 Å². The molecule has 0 bridgehead atoms. The Hall–Kier alpha value is -2.63. The highest BCUT2D eigenvalue weighted by Gasteiger charge is 2.19. The molecule has 1 aromatic heterocycles. The second kappa shape index (κ2) is 7.09. The van der Waals surface area contributed by atoms with Crippen molar-refractivity contribution in [3.05, 3.63) is 47.8 Å². The molecule has 0 fully saturated rings. The quantitative estimate of drug-likeness (QED) is 0.888. The third-order valence-corrected chi connectivity index (χ3v) is 3.55. The molecule has 122 valence electrons. The van der Waals surface area contributed by atoms with Gasteiger partial charge in [-0.2, -0.15) is 5.10 Å². The normalized spacial score (nSPS) is 10.8. The van der Waals surface area contributed by atoms with Crippen LogP contribution in [0.25, 0.3) is 5.69 Å². The zero-order valence-corrected chi connectivity index (χ0v) is 13.6. The Kier molecular flexibility index (Phi) is 5.16. The molecular weight excluding hydrogens is 294 g/mol. The van der Waals surface area contributed by atoms with E-state index in [9.17, 15) is 9.59 Å². The summed E-state index contributed by atoms with van der Waals surface area (Å²) in [5, 5.41) is 13.1. The van der Waals surface area contributed by atoms with Crippen LogP contribution in [0.15, 0.2) is 36.5 Å². The zero-order valence-electron chi connectivity index (χ0n) is 13.6. The molecule has 0 saturated carbocycles. The predicted molar refractivity (Wildman–Crippen MR) is 86.7 cm³/mol. The SMILES string of the molecule is Cc1ccn(-c2ccc(C(=O)N(CCC(=O)O)C(C)C)cc2)n1. The monoisotopic (exact) mass is 315 g/mol. The first-order valence-electron chi connectivity index (χ1n) is 7.54. The number of carboxylic acids is 1. The number of hydrogen-bond donors (Lipinski definition) is 1. The first-order chi connectivity index (χ1) is 10.9. The first kappa shape index (κ1) is 16.7. The fraction of sp³-hybridized carbons (Fsp3) is 0.353. The van der Waals surface area contributed by atoms with Crippen LogP contribution in [0.1, 0.15) is 36.3 Å². The highest BCUT2D eigenvalue weighted by Crippen LogP contribution is 2.13. The van der Waals surface area contributed by atoms with Gasteiger partial charge in [-0.15, -0.1) is 0 Å². The minimum atomic E-state index is -0.909. The molecular formula is C17H21N3O3. The average Bonchev–Trinajstić information content (AvgIpc) is 2.93. The van der Waals surface area contributed by atoms with Crippen LogP contribution in [0.4, 0.5) is 0 Å². The highest BCUT2D eigenvalue weighted by molar-refractivity contribution is 5.94. The zero-order chi connectivity index (χ0) is 17.0. The largest absolute Gasteiger partial charge is 0.481 e. The third-order valence-electron chi connectivity index (χ3n) is 3.55. The van der Waals surface area contributed by atoms with E-state index < -0.39 is 5.97 Å². The fourth-order valence-electron chi connectivity index (χ4n) is 2.29. The number of carbonyl (C=O) groups is 2. The molecule has 23 heavy (non-hydrogen) atoms. The second-order valence-electron chi connectivity index (χ2n) is 5.68. The van der Waals surface area contributed by atoms with Crippen molar-refractivity contribution in [2.75, 3.05) is 6.54 Å². The van der Waals surface area contributed by atoms with Gasteiger partial charge in [0.1, 0.15) is 0 Å². The van der Waals surface area contributed by atoms with E-state index in [-0.39, 0.29) is 24.9 Å². The van der Waals surface area contributed by atoms with Crippen LogP contribution in [0.3, 0.4) is 0 Å². The van der Waals surface area contributed by atoms with Crippen LogP contribution >= 0.6 is 0 Å². The lowest BCUT2D eigenvalue weighted by Gasteiger charge is -2.26. The van der Waals surface area contributed by atoms with Crippen LogP contribution in [0.2, 0.25) is 0 Å². The molecule has 0 aliphatic rings. The van der Waals surface area contributed by atoms with Gasteiger partial charge in [-0.3, -0.25) is 9.59 Å². The lowest BCUT2D eigenvalue weighted by Crippen LogP contribution is -2.38. The molecule has 0 unspecified atom stereocenters. The first-order valence-corrected chi connectivity index (χ1v) is 7.54. The average molecular weight is 315 g/mol. The number of aryl methyl sites for hydroxylation is 1. The molecule has 6 nitrogen and oxygen atoms in total. The van der Waals surface area contributed by atoms with Crippen molar-refractivity contribution in [3.63, 3.8) is 0 Å². The van der Waals surface area contributed by atoms with Crippen molar-refractivity contribution in [2.24, 2.45) is 0 Å². The molecule has 0 saturated heterocycles. The molecule has 6 heteroatoms. The lowest BCUT2D eigenvalue weighted by molar-refractivity contribution is -0.137. The minimum absolute atomic E-state index is 0.0599. The summed E-state index contributed by atoms with van der Waals surface area (Å²) in [4.78, 5) is 24.9. The van der Waals surface area contributed by atoms with Gasteiger partial charge in [0.15, 0.2) is 0 Å². The minimum Gasteiger partial charge on any atom is -0.481 e. The van der Waals surface area contributed by atoms with E-state index in [1.54, 1.807) is 21.7 Å². The summed E-state index contributed by atoms with van der Waals surface area (Å²) in [5.74, 6) is -1.07. The van der Waals surface area contributed by atoms with E-state index >= 15 is 0 Å². The molecule has 1 heterocycles. The van der Waals surface area contributed by atoms with Crippen LogP contribution < -0.4 is 0 Å². The van der Waals surface area contributed by atoms with Gasteiger partial charge in [0.25, 0.3) is 5.91 Å². The van der Waals surface area contributed by atoms with E-state index in [1.165, 1.54) is 0 Å². The molecule has 1 aromatic carbocycles. The Morgan fingerprint density at radius 2 is 1.87 bits per heavy atom. The molecule has 0 atom stereocenters. The molecule has 0 aliphatic carbocycles. The molecule has 0 radical (unpaired) electrons. The van der Waals surface area contributed by atoms with E-state index in [0.717, 1.165) is 11.4 Å². The standard InChI is InChI=1S/C17H21N3O3/c1-12(2)19(10-9-16(21)22)17(23)14-4-6-15(7-5-14)20-11-8-13(3)18-20/h4-8,11-12H,9-10H2,1-3H3,(H,21,22). The number of amides is 1. The molecule has 0 spiro atoms. The molecule has 1 amide bonds. The topological polar surface area (TPSA) is 75.4 Å². The van der Waals surface area contributed by atoms with Crippen molar-refractivity contribution in [1.29, 1.82) is 0 Å². The van der Waals surface area contributed by atoms with Crippen LogP contribution in [-0.2, 0) is 4.79 Å². The Bertz CT molecular complexity index is 689. The Morgan fingerprint density at radius 1 is 1.22 bits per heavy atom. The van der Waals surface area contributed by atoms with E-state index in [2.05, 4.69) is 5.10 Å². The Balaban J connectivity index is 2.16. The number of carbonyl (C=O) groups excluding carboxylic acids is 1. The summed E-state index contributed by atoms with van der Waals surface area (Å²) < 4.78 is 1.74. The lowest BCUT2D eigenvalue weighted by atomic mass is 10.1. The van der Waals surface area contributed by atoms with Gasteiger partial charge in [-0.25, -0.2) is 4.68 Å².